The van der Waals surface area contributed by atoms with Crippen LogP contribution in [0.5, 0.6) is 0 Å². The molecule has 1 heteroatoms. The van der Waals surface area contributed by atoms with Crippen LogP contribution in [0.2, 0.25) is 0 Å². The molecule has 3 aromatic rings. The van der Waals surface area contributed by atoms with Crippen molar-refractivity contribution in [3.05, 3.63) is 96.1 Å². The standard InChI is InChI=1S/C21H21N/c1-22(16-18-8-4-2-5-9-18)17-19-12-14-21(15-13-19)20-10-6-3-7-11-20/h2-15H,16-17H2,1H3. The summed E-state index contributed by atoms with van der Waals surface area (Å²) < 4.78 is 0. The largest absolute Gasteiger partial charge is 0.298 e. The predicted molar refractivity (Wildman–Crippen MR) is 93.5 cm³/mol. The second kappa shape index (κ2) is 7.06. The molecule has 0 unspecified atom stereocenters. The van der Waals surface area contributed by atoms with E-state index in [9.17, 15) is 0 Å². The maximum absolute atomic E-state index is 2.34. The molecule has 0 spiro atoms. The average Bonchev–Trinajstić information content (AvgIpc) is 2.57. The van der Waals surface area contributed by atoms with Crippen LogP contribution in [0.15, 0.2) is 84.9 Å². The highest BCUT2D eigenvalue weighted by molar-refractivity contribution is 5.63. The summed E-state index contributed by atoms with van der Waals surface area (Å²) in [5, 5.41) is 0. The lowest BCUT2D eigenvalue weighted by atomic mass is 10.0. The smallest absolute Gasteiger partial charge is 0.0234 e. The number of hydrogen-bond acceptors (Lipinski definition) is 1. The molecule has 0 aliphatic heterocycles. The first-order chi connectivity index (χ1) is 10.8. The van der Waals surface area contributed by atoms with Crippen molar-refractivity contribution in [3.63, 3.8) is 0 Å². The Hall–Kier alpha value is -2.38. The topological polar surface area (TPSA) is 3.24 Å². The molecule has 0 heterocycles. The number of benzene rings is 3. The van der Waals surface area contributed by atoms with E-state index >= 15 is 0 Å². The summed E-state index contributed by atoms with van der Waals surface area (Å²) in [6.07, 6.45) is 0. The van der Waals surface area contributed by atoms with Crippen LogP contribution in [0, 0.1) is 0 Å². The SMILES string of the molecule is CN(Cc1ccccc1)Cc1ccc(-c2ccccc2)cc1. The Morgan fingerprint density at radius 1 is 0.545 bits per heavy atom. The van der Waals surface area contributed by atoms with Gasteiger partial charge in [0.25, 0.3) is 0 Å². The first-order valence-corrected chi connectivity index (χ1v) is 7.68. The van der Waals surface area contributed by atoms with E-state index in [-0.39, 0.29) is 0 Å². The van der Waals surface area contributed by atoms with Crippen LogP contribution in [0.3, 0.4) is 0 Å². The Morgan fingerprint density at radius 3 is 1.59 bits per heavy atom. The summed E-state index contributed by atoms with van der Waals surface area (Å²) in [5.41, 5.74) is 5.24. The van der Waals surface area contributed by atoms with Crippen LogP contribution in [-0.4, -0.2) is 11.9 Å². The molecule has 0 saturated carbocycles. The average molecular weight is 287 g/mol. The van der Waals surface area contributed by atoms with Crippen LogP contribution in [0.4, 0.5) is 0 Å². The highest BCUT2D eigenvalue weighted by Gasteiger charge is 2.02. The molecule has 0 N–H and O–H groups in total. The molecule has 0 aliphatic carbocycles. The van der Waals surface area contributed by atoms with E-state index in [4.69, 9.17) is 0 Å². The minimum Gasteiger partial charge on any atom is -0.298 e. The number of nitrogens with zero attached hydrogens (tertiary/aromatic N) is 1. The van der Waals surface area contributed by atoms with Crippen molar-refractivity contribution >= 4 is 0 Å². The van der Waals surface area contributed by atoms with E-state index < -0.39 is 0 Å². The van der Waals surface area contributed by atoms with Crippen molar-refractivity contribution in [3.8, 4) is 11.1 Å². The molecule has 0 aromatic heterocycles. The molecule has 1 nitrogen and oxygen atoms in total. The van der Waals surface area contributed by atoms with Crippen LogP contribution in [0.1, 0.15) is 11.1 Å². The maximum Gasteiger partial charge on any atom is 0.0234 e. The molecule has 0 fully saturated rings. The fourth-order valence-corrected chi connectivity index (χ4v) is 2.70. The molecule has 0 amide bonds. The third-order valence-electron chi connectivity index (χ3n) is 3.81. The van der Waals surface area contributed by atoms with Gasteiger partial charge >= 0.3 is 0 Å². The lowest BCUT2D eigenvalue weighted by Gasteiger charge is -2.17. The number of rotatable bonds is 5. The van der Waals surface area contributed by atoms with Crippen molar-refractivity contribution in [1.82, 2.24) is 4.90 Å². The van der Waals surface area contributed by atoms with Gasteiger partial charge in [0.1, 0.15) is 0 Å². The van der Waals surface area contributed by atoms with Gasteiger partial charge in [0.05, 0.1) is 0 Å². The van der Waals surface area contributed by atoms with Gasteiger partial charge in [-0.15, -0.1) is 0 Å². The maximum atomic E-state index is 2.34. The molecule has 0 atom stereocenters. The van der Waals surface area contributed by atoms with E-state index in [0.29, 0.717) is 0 Å². The van der Waals surface area contributed by atoms with Crippen LogP contribution in [-0.2, 0) is 13.1 Å². The fraction of sp³-hybridized carbons (Fsp3) is 0.143. The van der Waals surface area contributed by atoms with E-state index in [1.807, 2.05) is 0 Å². The molecule has 3 aromatic carbocycles. The van der Waals surface area contributed by atoms with Gasteiger partial charge in [0, 0.05) is 13.1 Å². The van der Waals surface area contributed by atoms with Crippen LogP contribution >= 0.6 is 0 Å². The zero-order valence-corrected chi connectivity index (χ0v) is 12.9. The lowest BCUT2D eigenvalue weighted by Crippen LogP contribution is -2.17. The Bertz CT molecular complexity index is 687. The van der Waals surface area contributed by atoms with Crippen molar-refractivity contribution in [2.24, 2.45) is 0 Å². The van der Waals surface area contributed by atoms with E-state index in [1.165, 1.54) is 22.3 Å². The summed E-state index contributed by atoms with van der Waals surface area (Å²) in [5.74, 6) is 0. The van der Waals surface area contributed by atoms with Gasteiger partial charge in [0.2, 0.25) is 0 Å². The van der Waals surface area contributed by atoms with E-state index in [1.54, 1.807) is 0 Å². The third kappa shape index (κ3) is 3.84. The molecule has 0 bridgehead atoms. The highest BCUT2D eigenvalue weighted by atomic mass is 15.1. The summed E-state index contributed by atoms with van der Waals surface area (Å²) in [6.45, 7) is 1.94. The molecule has 0 radical (unpaired) electrons. The highest BCUT2D eigenvalue weighted by Crippen LogP contribution is 2.19. The molecule has 22 heavy (non-hydrogen) atoms. The van der Waals surface area contributed by atoms with Crippen LogP contribution in [0.25, 0.3) is 11.1 Å². The van der Waals surface area contributed by atoms with Gasteiger partial charge in [-0.25, -0.2) is 0 Å². The zero-order chi connectivity index (χ0) is 15.2. The van der Waals surface area contributed by atoms with Gasteiger partial charge in [-0.3, -0.25) is 4.90 Å². The van der Waals surface area contributed by atoms with Gasteiger partial charge in [-0.05, 0) is 29.3 Å². The van der Waals surface area contributed by atoms with Crippen molar-refractivity contribution < 1.29 is 0 Å². The quantitative estimate of drug-likeness (QED) is 0.639. The molecule has 3 rings (SSSR count). The van der Waals surface area contributed by atoms with Crippen molar-refractivity contribution in [2.45, 2.75) is 13.1 Å². The second-order valence-electron chi connectivity index (χ2n) is 5.72. The van der Waals surface area contributed by atoms with Gasteiger partial charge in [-0.1, -0.05) is 84.9 Å². The monoisotopic (exact) mass is 287 g/mol. The zero-order valence-electron chi connectivity index (χ0n) is 12.9. The number of hydrogen-bond donors (Lipinski definition) is 0. The Morgan fingerprint density at radius 2 is 1.00 bits per heavy atom. The van der Waals surface area contributed by atoms with E-state index in [2.05, 4.69) is 96.9 Å². The first kappa shape index (κ1) is 14.6. The lowest BCUT2D eigenvalue weighted by molar-refractivity contribution is 0.319. The third-order valence-corrected chi connectivity index (χ3v) is 3.81. The van der Waals surface area contributed by atoms with Gasteiger partial charge < -0.3 is 0 Å². The second-order valence-corrected chi connectivity index (χ2v) is 5.72. The predicted octanol–water partition coefficient (Wildman–Crippen LogP) is 4.99. The van der Waals surface area contributed by atoms with Gasteiger partial charge in [-0.2, -0.15) is 0 Å². The fourth-order valence-electron chi connectivity index (χ4n) is 2.70. The summed E-state index contributed by atoms with van der Waals surface area (Å²) >= 11 is 0. The molecule has 110 valence electrons. The Labute approximate surface area is 132 Å². The van der Waals surface area contributed by atoms with Crippen LogP contribution < -0.4 is 0 Å². The van der Waals surface area contributed by atoms with Crippen molar-refractivity contribution in [2.75, 3.05) is 7.05 Å². The molecular weight excluding hydrogens is 266 g/mol. The minimum atomic E-state index is 0.962. The Kier molecular flexibility index (Phi) is 4.67. The molecule has 0 saturated heterocycles. The first-order valence-electron chi connectivity index (χ1n) is 7.68. The van der Waals surface area contributed by atoms with Gasteiger partial charge in [0.15, 0.2) is 0 Å². The molecular formula is C21H21N. The summed E-state index contributed by atoms with van der Waals surface area (Å²) in [6, 6.07) is 30.0. The van der Waals surface area contributed by atoms with Crippen molar-refractivity contribution in [1.29, 1.82) is 0 Å². The minimum absolute atomic E-state index is 0.962. The Balaban J connectivity index is 1.64. The molecule has 0 aliphatic rings. The summed E-state index contributed by atoms with van der Waals surface area (Å²) in [4.78, 5) is 2.34. The summed E-state index contributed by atoms with van der Waals surface area (Å²) in [7, 11) is 2.16. The van der Waals surface area contributed by atoms with E-state index in [0.717, 1.165) is 13.1 Å². The normalized spacial score (nSPS) is 10.8.